The van der Waals surface area contributed by atoms with Crippen LogP contribution in [-0.2, 0) is 14.4 Å². The summed E-state index contributed by atoms with van der Waals surface area (Å²) >= 11 is 0. The predicted molar refractivity (Wildman–Crippen MR) is 369 cm³/mol. The fourth-order valence-corrected chi connectivity index (χ4v) is 34.0. The lowest BCUT2D eigenvalue weighted by Crippen LogP contribution is -2.64. The second-order valence-corrected chi connectivity index (χ2v) is 42.9. The Morgan fingerprint density at radius 1 is 0.318 bits per heavy atom. The molecule has 24 bridgehead atoms. The molecule has 24 rings (SSSR count). The number of hydrogen-bond donors (Lipinski definition) is 5. The highest BCUT2D eigenvalue weighted by atomic mass is 16.1. The molecule has 0 heterocycles. The monoisotopic (exact) mass is 1220 g/mol. The average Bonchev–Trinajstić information content (AvgIpc) is 0.790. The van der Waals surface area contributed by atoms with Gasteiger partial charge < -0.3 is 27.8 Å². The van der Waals surface area contributed by atoms with E-state index in [4.69, 9.17) is 16.3 Å². The largest absolute Gasteiger partial charge is 0.372 e. The minimum absolute atomic E-state index is 0. The van der Waals surface area contributed by atoms with Gasteiger partial charge in [0.2, 0.25) is 18.7 Å². The normalized spacial score (nSPS) is 56.7. The fourth-order valence-electron chi connectivity index (χ4n) is 34.0. The van der Waals surface area contributed by atoms with Gasteiger partial charge in [-0.3, -0.25) is 14.4 Å². The van der Waals surface area contributed by atoms with E-state index in [1.54, 1.807) is 39.0 Å². The van der Waals surface area contributed by atoms with Gasteiger partial charge in [-0.1, -0.05) is 112 Å². The first kappa shape index (κ1) is 70.6. The van der Waals surface area contributed by atoms with Gasteiger partial charge in [0.05, 0.1) is 0 Å². The zero-order valence-corrected chi connectivity index (χ0v) is 57.6. The molecule has 88 heavy (non-hydrogen) atoms. The van der Waals surface area contributed by atoms with Gasteiger partial charge >= 0.3 is 0 Å². The maximum atomic E-state index is 11.4. The summed E-state index contributed by atoms with van der Waals surface area (Å²) in [6.45, 7) is 34.0. The molecule has 0 aliphatic heterocycles. The number of hydrogen-bond acceptors (Lipinski definition) is 5. The lowest BCUT2D eigenvalue weighted by atomic mass is 9.41. The van der Waals surface area contributed by atoms with Crippen molar-refractivity contribution in [2.24, 2.45) is 129 Å². The molecule has 8 atom stereocenters. The molecule has 0 radical (unpaired) electrons. The summed E-state index contributed by atoms with van der Waals surface area (Å²) in [6, 6.07) is 0. The Kier molecular flexibility index (Phi) is 18.0. The molecule has 8 unspecified atom stereocenters. The van der Waals surface area contributed by atoms with E-state index in [9.17, 15) is 9.59 Å². The van der Waals surface area contributed by atoms with Crippen molar-refractivity contribution in [2.75, 3.05) is 0 Å². The van der Waals surface area contributed by atoms with E-state index < -0.39 is 0 Å². The molecule has 24 aliphatic rings. The van der Waals surface area contributed by atoms with Gasteiger partial charge in [0.1, 0.15) is 0 Å². The van der Waals surface area contributed by atoms with Gasteiger partial charge in [-0.25, -0.2) is 0 Å². The van der Waals surface area contributed by atoms with Crippen LogP contribution in [0.25, 0.3) is 0 Å². The Bertz CT molecular complexity index is 2240. The van der Waals surface area contributed by atoms with Gasteiger partial charge in [0.15, 0.2) is 0 Å². The number of nitrogens with two attached hydrogens (primary N) is 3. The molecule has 24 aliphatic carbocycles. The third kappa shape index (κ3) is 14.3. The summed E-state index contributed by atoms with van der Waals surface area (Å²) in [7, 11) is 0. The number of amides is 3. The molecule has 8 nitrogen and oxygen atoms in total. The number of carbonyl (C=O) groups is 3. The first-order valence-corrected chi connectivity index (χ1v) is 36.2. The lowest BCUT2D eigenvalue weighted by molar-refractivity contribution is -0.138. The molecule has 0 aromatic heterocycles. The van der Waals surface area contributed by atoms with Gasteiger partial charge in [0, 0.05) is 29.1 Å². The van der Waals surface area contributed by atoms with Crippen LogP contribution in [0, 0.1) is 112 Å². The van der Waals surface area contributed by atoms with E-state index >= 15 is 0 Å². The summed E-state index contributed by atoms with van der Waals surface area (Å²) in [6.07, 6.45) is 51.9. The van der Waals surface area contributed by atoms with E-state index in [-0.39, 0.29) is 56.8 Å². The molecule has 0 aromatic rings. The molecule has 506 valence electrons. The smallest absolute Gasteiger partial charge is 0.217 e. The maximum Gasteiger partial charge on any atom is 0.217 e. The van der Waals surface area contributed by atoms with Crippen molar-refractivity contribution in [2.45, 2.75) is 373 Å². The van der Waals surface area contributed by atoms with Crippen molar-refractivity contribution in [3.63, 3.8) is 0 Å². The van der Waals surface area contributed by atoms with Crippen LogP contribution in [0.2, 0.25) is 0 Å². The fraction of sp³-hybridized carbons (Fsp3) is 0.963. The van der Waals surface area contributed by atoms with E-state index in [1.807, 2.05) is 0 Å². The minimum atomic E-state index is 0. The Morgan fingerprint density at radius 3 is 0.739 bits per heavy atom. The van der Waals surface area contributed by atoms with Crippen LogP contribution in [-0.4, -0.2) is 40.9 Å². The molecule has 8 N–H and O–H groups in total. The second kappa shape index (κ2) is 22.5. The molecule has 3 amide bonds. The third-order valence-corrected chi connectivity index (χ3v) is 28.9. The Morgan fingerprint density at radius 2 is 0.523 bits per heavy atom. The van der Waals surface area contributed by atoms with Gasteiger partial charge in [-0.15, -0.1) is 0 Å². The van der Waals surface area contributed by atoms with Crippen molar-refractivity contribution in [1.29, 1.82) is 0 Å². The van der Waals surface area contributed by atoms with E-state index in [2.05, 4.69) is 106 Å². The molecule has 0 saturated heterocycles. The van der Waals surface area contributed by atoms with Crippen LogP contribution in [0.3, 0.4) is 0 Å². The Hall–Kier alpha value is -1.67. The van der Waals surface area contributed by atoms with Crippen molar-refractivity contribution >= 4 is 18.7 Å². The van der Waals surface area contributed by atoms with Crippen molar-refractivity contribution < 1.29 is 14.4 Å². The summed E-state index contributed by atoms with van der Waals surface area (Å²) in [5.74, 6) is 7.10. The van der Waals surface area contributed by atoms with Crippen LogP contribution in [0.1, 0.15) is 350 Å². The van der Waals surface area contributed by atoms with Crippen LogP contribution in [0.4, 0.5) is 0 Å². The third-order valence-electron chi connectivity index (χ3n) is 28.9. The number of nitrogens with one attached hydrogen (secondary N) is 2. The molecule has 0 aromatic carbocycles. The predicted octanol–water partition coefficient (Wildman–Crippen LogP) is 19.4. The van der Waals surface area contributed by atoms with Crippen LogP contribution in [0.5, 0.6) is 0 Å². The molecule has 24 fully saturated rings. The zero-order chi connectivity index (χ0) is 61.4. The van der Waals surface area contributed by atoms with Crippen LogP contribution < -0.4 is 27.8 Å². The van der Waals surface area contributed by atoms with Crippen LogP contribution >= 0.6 is 0 Å². The molecular formula is C80H143N5O3. The average molecular weight is 1220 g/mol. The van der Waals surface area contributed by atoms with E-state index in [1.165, 1.54) is 199 Å². The topological polar surface area (TPSA) is 153 Å². The standard InChI is InChI=1S/C14H23NO.C13H21NO.C13H22.2C12H21N.C12H20.CH3NO.3CH4/c1-10(16)15-14-6-11-4-12(2,8-14)7-13(3,5-11)9-14;1-11-3-10-4-12(2,6-11)8-13(5-10,7-11)14-9-15;1-11-4-10-5-12(2,7-11)9-13(3,6-10)8-11;2*1-10-3-9-4-11(2,6-10)8-12(13,5-9)7-10;1-11-4-9-3-10(5-11)7-12(2,6-9)8-11;2-1-3;;;/h11H,4-9H2,1-3H3,(H,15,16);9-10H,3-8H2,1-2H3,(H,14,15);10H,4-9H2,1-3H3;2*9H,3-8,13H2,1-2H3;9-10H,3-8H2,1-2H3;1H,(H2,2,3);3*1H4. The first-order valence-electron chi connectivity index (χ1n) is 36.2. The van der Waals surface area contributed by atoms with Gasteiger partial charge in [-0.2, -0.15) is 0 Å². The highest BCUT2D eigenvalue weighted by molar-refractivity contribution is 5.74. The van der Waals surface area contributed by atoms with Crippen molar-refractivity contribution in [3.8, 4) is 0 Å². The van der Waals surface area contributed by atoms with E-state index in [0.29, 0.717) is 43.3 Å². The van der Waals surface area contributed by atoms with E-state index in [0.717, 1.165) is 74.9 Å². The van der Waals surface area contributed by atoms with Crippen molar-refractivity contribution in [1.82, 2.24) is 10.6 Å². The number of primary amides is 1. The first-order chi connectivity index (χ1) is 39.0. The number of carbonyl (C=O) groups excluding carboxylic acids is 3. The summed E-state index contributed by atoms with van der Waals surface area (Å²) < 4.78 is 0. The number of rotatable bonds is 3. The second-order valence-electron chi connectivity index (χ2n) is 42.9. The quantitative estimate of drug-likeness (QED) is 0.178. The molecule has 0 spiro atoms. The summed E-state index contributed by atoms with van der Waals surface area (Å²) in [5.41, 5.74) is 26.0. The van der Waals surface area contributed by atoms with Gasteiger partial charge in [0.25, 0.3) is 0 Å². The maximum absolute atomic E-state index is 11.4. The molecule has 24 saturated carbocycles. The Labute approximate surface area is 542 Å². The minimum Gasteiger partial charge on any atom is -0.372 e. The SMILES string of the molecule is C.C.C.CC(=O)NC12CC3CC(C)(CC(C)(C3)C1)C2.CC12CC3CC(C)(C1)CC(C)(C3)C2.CC12CC3CC(C)(C1)CC(N)(C3)C2.CC12CC3CC(C)(C1)CC(N)(C3)C2.CC12CC3CC(C)(C1)CC(NC=O)(C3)C2.CC12CC3CC(C1)CC(C)(C3)C2.NC=O. The molecule has 8 heteroatoms. The van der Waals surface area contributed by atoms with Crippen LogP contribution in [0.15, 0.2) is 0 Å². The molecular weight excluding hydrogens is 1080 g/mol. The summed E-state index contributed by atoms with van der Waals surface area (Å²) in [5, 5.41) is 6.46. The highest BCUT2D eigenvalue weighted by Gasteiger charge is 2.64. The van der Waals surface area contributed by atoms with Crippen molar-refractivity contribution in [3.05, 3.63) is 0 Å². The Balaban J connectivity index is 0.000000124. The lowest BCUT2D eigenvalue weighted by Gasteiger charge is -2.65. The summed E-state index contributed by atoms with van der Waals surface area (Å²) in [4.78, 5) is 30.8. The zero-order valence-electron chi connectivity index (χ0n) is 57.6. The highest BCUT2D eigenvalue weighted by Crippen LogP contribution is 2.72. The van der Waals surface area contributed by atoms with Gasteiger partial charge in [-0.05, 0) is 343 Å².